The number of thiocarbonyl (C=S) groups is 1. The van der Waals surface area contributed by atoms with Crippen LogP contribution in [-0.2, 0) is 11.2 Å². The smallest absolute Gasteiger partial charge is 0.262 e. The Labute approximate surface area is 219 Å². The van der Waals surface area contributed by atoms with Crippen molar-refractivity contribution >= 4 is 28.8 Å². The van der Waals surface area contributed by atoms with Crippen molar-refractivity contribution in [3.8, 4) is 11.5 Å². The quantitative estimate of drug-likeness (QED) is 0.385. The Balaban J connectivity index is 1.31. The first-order chi connectivity index (χ1) is 17.4. The molecule has 188 valence electrons. The number of carbonyl (C=O) groups is 1. The maximum absolute atomic E-state index is 12.4. The van der Waals surface area contributed by atoms with E-state index in [1.54, 1.807) is 7.11 Å². The number of carbonyl (C=O) groups excluding carboxylic acids is 1. The van der Waals surface area contributed by atoms with Gasteiger partial charge < -0.3 is 19.7 Å². The fraction of sp³-hybridized carbons (Fsp3) is 0.333. The van der Waals surface area contributed by atoms with Crippen LogP contribution < -0.4 is 14.8 Å². The van der Waals surface area contributed by atoms with Crippen LogP contribution in [0.15, 0.2) is 66.7 Å². The molecule has 1 aliphatic rings. The number of methoxy groups -OCH3 is 1. The van der Waals surface area contributed by atoms with Crippen LogP contribution in [0.2, 0.25) is 0 Å². The lowest BCUT2D eigenvalue weighted by Gasteiger charge is -2.34. The highest BCUT2D eigenvalue weighted by Crippen LogP contribution is 2.30. The molecule has 4 rings (SSSR count). The molecule has 0 atom stereocenters. The molecule has 5 nitrogen and oxygen atoms in total. The van der Waals surface area contributed by atoms with Crippen molar-refractivity contribution in [1.82, 2.24) is 4.90 Å². The first-order valence-electron chi connectivity index (χ1n) is 12.4. The second-order valence-electron chi connectivity index (χ2n) is 9.45. The second-order valence-corrected chi connectivity index (χ2v) is 9.83. The Kier molecular flexibility index (Phi) is 8.60. The summed E-state index contributed by atoms with van der Waals surface area (Å²) >= 11 is 5.83. The lowest BCUT2D eigenvalue weighted by Crippen LogP contribution is -2.38. The first-order valence-corrected chi connectivity index (χ1v) is 12.8. The average molecular weight is 503 g/mol. The molecule has 1 fully saturated rings. The van der Waals surface area contributed by atoms with E-state index < -0.39 is 0 Å². The lowest BCUT2D eigenvalue weighted by atomic mass is 9.90. The normalized spacial score (nSPS) is 13.8. The van der Waals surface area contributed by atoms with Gasteiger partial charge >= 0.3 is 0 Å². The van der Waals surface area contributed by atoms with E-state index in [2.05, 4.69) is 40.5 Å². The third-order valence-corrected chi connectivity index (χ3v) is 7.19. The maximum Gasteiger partial charge on any atom is 0.262 e. The molecule has 1 amide bonds. The third kappa shape index (κ3) is 6.64. The molecule has 36 heavy (non-hydrogen) atoms. The van der Waals surface area contributed by atoms with Gasteiger partial charge in [0, 0.05) is 24.3 Å². The number of anilines is 1. The number of benzene rings is 3. The minimum Gasteiger partial charge on any atom is -0.493 e. The molecular weight excluding hydrogens is 468 g/mol. The molecule has 1 saturated heterocycles. The van der Waals surface area contributed by atoms with Crippen molar-refractivity contribution < 1.29 is 14.3 Å². The Morgan fingerprint density at radius 1 is 1.00 bits per heavy atom. The highest BCUT2D eigenvalue weighted by Gasteiger charge is 2.22. The van der Waals surface area contributed by atoms with Gasteiger partial charge in [-0.05, 0) is 74.4 Å². The largest absolute Gasteiger partial charge is 0.493 e. The zero-order valence-corrected chi connectivity index (χ0v) is 22.1. The van der Waals surface area contributed by atoms with E-state index in [0.29, 0.717) is 17.4 Å². The summed E-state index contributed by atoms with van der Waals surface area (Å²) in [5.74, 6) is 1.54. The highest BCUT2D eigenvalue weighted by atomic mass is 32.1. The zero-order chi connectivity index (χ0) is 25.5. The molecule has 6 heteroatoms. The van der Waals surface area contributed by atoms with E-state index in [-0.39, 0.29) is 12.5 Å². The summed E-state index contributed by atoms with van der Waals surface area (Å²) in [7, 11) is 1.60. The van der Waals surface area contributed by atoms with Crippen LogP contribution in [-0.4, -0.2) is 42.6 Å². The van der Waals surface area contributed by atoms with E-state index >= 15 is 0 Å². The van der Waals surface area contributed by atoms with E-state index in [1.807, 2.05) is 50.2 Å². The molecule has 3 aromatic rings. The van der Waals surface area contributed by atoms with Gasteiger partial charge in [0.15, 0.2) is 18.1 Å². The topological polar surface area (TPSA) is 50.8 Å². The number of amides is 1. The standard InChI is InChI=1S/C30H34N2O3S/c1-21-9-11-26(22(2)17-21)31-29(33)20-35-27-12-10-25(19-28(27)34-3)30(36)32-15-13-24(14-16-32)18-23-7-5-4-6-8-23/h4-12,17,19,24H,13-16,18,20H2,1-3H3,(H,31,33). The predicted molar refractivity (Wildman–Crippen MR) is 149 cm³/mol. The number of likely N-dealkylation sites (tertiary alicyclic amines) is 1. The van der Waals surface area contributed by atoms with Gasteiger partial charge in [-0.15, -0.1) is 0 Å². The Hall–Kier alpha value is -3.38. The number of aryl methyl sites for hydroxylation is 2. The number of piperidine rings is 1. The summed E-state index contributed by atoms with van der Waals surface area (Å²) in [5, 5.41) is 2.90. The number of hydrogen-bond acceptors (Lipinski definition) is 4. The molecule has 0 aliphatic carbocycles. The van der Waals surface area contributed by atoms with Crippen LogP contribution in [0.25, 0.3) is 0 Å². The van der Waals surface area contributed by atoms with Crippen LogP contribution in [0.5, 0.6) is 11.5 Å². The first kappa shape index (κ1) is 25.7. The molecule has 1 aliphatic heterocycles. The molecule has 0 radical (unpaired) electrons. The van der Waals surface area contributed by atoms with Gasteiger partial charge in [-0.2, -0.15) is 0 Å². The Bertz CT molecular complexity index is 1200. The van der Waals surface area contributed by atoms with Gasteiger partial charge in [0.2, 0.25) is 0 Å². The van der Waals surface area contributed by atoms with Gasteiger partial charge in [-0.1, -0.05) is 60.2 Å². The summed E-state index contributed by atoms with van der Waals surface area (Å²) in [5.41, 5.74) is 5.29. The van der Waals surface area contributed by atoms with Crippen LogP contribution in [0.3, 0.4) is 0 Å². The summed E-state index contributed by atoms with van der Waals surface area (Å²) in [4.78, 5) is 15.5. The van der Waals surface area contributed by atoms with Crippen molar-refractivity contribution in [3.63, 3.8) is 0 Å². The molecule has 0 unspecified atom stereocenters. The number of nitrogens with zero attached hydrogens (tertiary/aromatic N) is 1. The van der Waals surface area contributed by atoms with Gasteiger partial charge in [0.1, 0.15) is 4.99 Å². The fourth-order valence-electron chi connectivity index (χ4n) is 4.67. The van der Waals surface area contributed by atoms with Crippen molar-refractivity contribution in [2.75, 3.05) is 32.1 Å². The van der Waals surface area contributed by atoms with E-state index in [9.17, 15) is 4.79 Å². The molecule has 3 aromatic carbocycles. The minimum absolute atomic E-state index is 0.109. The van der Waals surface area contributed by atoms with E-state index in [1.165, 1.54) is 5.56 Å². The van der Waals surface area contributed by atoms with Gasteiger partial charge in [-0.3, -0.25) is 4.79 Å². The van der Waals surface area contributed by atoms with Crippen molar-refractivity contribution in [2.45, 2.75) is 33.1 Å². The summed E-state index contributed by atoms with van der Waals surface area (Å²) in [6.07, 6.45) is 3.38. The summed E-state index contributed by atoms with van der Waals surface area (Å²) < 4.78 is 11.3. The fourth-order valence-corrected chi connectivity index (χ4v) is 4.98. The van der Waals surface area contributed by atoms with E-state index in [4.69, 9.17) is 21.7 Å². The third-order valence-electron chi connectivity index (χ3n) is 6.69. The highest BCUT2D eigenvalue weighted by molar-refractivity contribution is 7.80. The zero-order valence-electron chi connectivity index (χ0n) is 21.3. The van der Waals surface area contributed by atoms with Crippen LogP contribution in [0.4, 0.5) is 5.69 Å². The predicted octanol–water partition coefficient (Wildman–Crippen LogP) is 5.96. The van der Waals surface area contributed by atoms with Crippen molar-refractivity contribution in [1.29, 1.82) is 0 Å². The summed E-state index contributed by atoms with van der Waals surface area (Å²) in [6, 6.07) is 22.3. The molecular formula is C30H34N2O3S. The maximum atomic E-state index is 12.4. The molecule has 0 bridgehead atoms. The number of nitrogens with one attached hydrogen (secondary N) is 1. The monoisotopic (exact) mass is 502 g/mol. The Morgan fingerprint density at radius 2 is 1.75 bits per heavy atom. The van der Waals surface area contributed by atoms with Crippen LogP contribution in [0, 0.1) is 19.8 Å². The molecule has 0 aromatic heterocycles. The minimum atomic E-state index is -0.220. The molecule has 0 saturated carbocycles. The molecule has 1 N–H and O–H groups in total. The molecule has 0 spiro atoms. The van der Waals surface area contributed by atoms with Gasteiger partial charge in [-0.25, -0.2) is 0 Å². The molecule has 1 heterocycles. The average Bonchev–Trinajstić information content (AvgIpc) is 2.89. The summed E-state index contributed by atoms with van der Waals surface area (Å²) in [6.45, 7) is 5.80. The van der Waals surface area contributed by atoms with Crippen molar-refractivity contribution in [2.24, 2.45) is 5.92 Å². The number of rotatable bonds is 8. The van der Waals surface area contributed by atoms with Gasteiger partial charge in [0.05, 0.1) is 7.11 Å². The lowest BCUT2D eigenvalue weighted by molar-refractivity contribution is -0.118. The Morgan fingerprint density at radius 3 is 2.44 bits per heavy atom. The van der Waals surface area contributed by atoms with Crippen LogP contribution >= 0.6 is 12.2 Å². The SMILES string of the molecule is COc1cc(C(=S)N2CCC(Cc3ccccc3)CC2)ccc1OCC(=O)Nc1ccc(C)cc1C. The number of hydrogen-bond donors (Lipinski definition) is 1. The van der Waals surface area contributed by atoms with Crippen molar-refractivity contribution in [3.05, 3.63) is 89.0 Å². The number of ether oxygens (including phenoxy) is 2. The van der Waals surface area contributed by atoms with Crippen LogP contribution in [0.1, 0.15) is 35.1 Å². The van der Waals surface area contributed by atoms with Gasteiger partial charge in [0.25, 0.3) is 5.91 Å². The second kappa shape index (κ2) is 12.0. The van der Waals surface area contributed by atoms with E-state index in [0.717, 1.165) is 59.7 Å².